The van der Waals surface area contributed by atoms with Crippen LogP contribution in [0.5, 0.6) is 0 Å². The molecule has 1 aromatic carbocycles. The molecule has 1 aliphatic heterocycles. The molecule has 0 N–H and O–H groups in total. The number of hydrogen-bond donors (Lipinski definition) is 0. The average Bonchev–Trinajstić information content (AvgIpc) is 2.56. The fourth-order valence-electron chi connectivity index (χ4n) is 2.86. The van der Waals surface area contributed by atoms with Gasteiger partial charge in [0.25, 0.3) is 0 Å². The normalized spacial score (nSPS) is 22.2. The van der Waals surface area contributed by atoms with E-state index in [9.17, 15) is 5.26 Å². The predicted octanol–water partition coefficient (Wildman–Crippen LogP) is 2.58. The second kappa shape index (κ2) is 3.33. The lowest BCUT2D eigenvalue weighted by Crippen LogP contribution is -2.32. The first-order valence-corrected chi connectivity index (χ1v) is 5.96. The molecule has 2 heteroatoms. The van der Waals surface area contributed by atoms with Crippen LogP contribution in [0.3, 0.4) is 0 Å². The van der Waals surface area contributed by atoms with Crippen LogP contribution in [0.15, 0.2) is 18.2 Å². The summed E-state index contributed by atoms with van der Waals surface area (Å²) in [6.07, 6.45) is 3.28. The van der Waals surface area contributed by atoms with E-state index in [1.165, 1.54) is 23.1 Å². The summed E-state index contributed by atoms with van der Waals surface area (Å²) >= 11 is 0. The van der Waals surface area contributed by atoms with Crippen LogP contribution >= 0.6 is 0 Å². The topological polar surface area (TPSA) is 27.0 Å². The zero-order chi connectivity index (χ0) is 11.2. The third-order valence-corrected chi connectivity index (χ3v) is 4.06. The molecule has 1 heterocycles. The maximum atomic E-state index is 9.33. The maximum absolute atomic E-state index is 9.33. The quantitative estimate of drug-likeness (QED) is 0.715. The lowest BCUT2D eigenvalue weighted by Gasteiger charge is -2.35. The van der Waals surface area contributed by atoms with Crippen LogP contribution in [0.4, 0.5) is 0 Å². The van der Waals surface area contributed by atoms with E-state index in [0.29, 0.717) is 0 Å². The van der Waals surface area contributed by atoms with Crippen molar-refractivity contribution >= 4 is 0 Å². The van der Waals surface area contributed by atoms with Gasteiger partial charge in [0.05, 0.1) is 11.5 Å². The molecule has 1 fully saturated rings. The number of benzene rings is 1. The number of rotatable bonds is 1. The fraction of sp³-hybridized carbons (Fsp3) is 0.500. The Morgan fingerprint density at radius 2 is 2.00 bits per heavy atom. The largest absolute Gasteiger partial charge is 0.298 e. The van der Waals surface area contributed by atoms with Gasteiger partial charge in [0, 0.05) is 13.1 Å². The second-order valence-corrected chi connectivity index (χ2v) is 5.20. The Morgan fingerprint density at radius 1 is 1.25 bits per heavy atom. The molecule has 0 spiro atoms. The molecule has 82 valence electrons. The van der Waals surface area contributed by atoms with Gasteiger partial charge in [-0.3, -0.25) is 4.90 Å². The molecule has 0 saturated heterocycles. The monoisotopic (exact) mass is 212 g/mol. The van der Waals surface area contributed by atoms with E-state index in [1.54, 1.807) is 0 Å². The van der Waals surface area contributed by atoms with Crippen molar-refractivity contribution in [1.29, 1.82) is 5.26 Å². The van der Waals surface area contributed by atoms with Gasteiger partial charge in [0.2, 0.25) is 0 Å². The molecular formula is C14H16N2. The van der Waals surface area contributed by atoms with Gasteiger partial charge in [-0.15, -0.1) is 0 Å². The summed E-state index contributed by atoms with van der Waals surface area (Å²) in [5.74, 6) is 0. The molecule has 0 amide bonds. The molecule has 1 saturated carbocycles. The first-order chi connectivity index (χ1) is 7.73. The van der Waals surface area contributed by atoms with E-state index >= 15 is 0 Å². The van der Waals surface area contributed by atoms with E-state index in [-0.39, 0.29) is 5.41 Å². The first-order valence-electron chi connectivity index (χ1n) is 5.96. The van der Waals surface area contributed by atoms with Crippen molar-refractivity contribution in [3.8, 4) is 6.07 Å². The lowest BCUT2D eigenvalue weighted by atomic mass is 9.65. The summed E-state index contributed by atoms with van der Waals surface area (Å²) in [6, 6.07) is 9.17. The van der Waals surface area contributed by atoms with Crippen molar-refractivity contribution in [2.75, 3.05) is 7.05 Å². The molecule has 3 rings (SSSR count). The molecule has 2 aliphatic rings. The van der Waals surface area contributed by atoms with Gasteiger partial charge >= 0.3 is 0 Å². The van der Waals surface area contributed by atoms with E-state index < -0.39 is 0 Å². The molecule has 0 bridgehead atoms. The highest BCUT2D eigenvalue weighted by atomic mass is 15.1. The van der Waals surface area contributed by atoms with Crippen LogP contribution in [0.2, 0.25) is 0 Å². The zero-order valence-electron chi connectivity index (χ0n) is 9.66. The number of hydrogen-bond acceptors (Lipinski definition) is 2. The van der Waals surface area contributed by atoms with Gasteiger partial charge in [-0.05, 0) is 43.0 Å². The van der Waals surface area contributed by atoms with Crippen LogP contribution in [0, 0.1) is 11.3 Å². The Hall–Kier alpha value is -1.33. The Balaban J connectivity index is 2.00. The SMILES string of the molecule is CN1Cc2ccc(C3(C#N)CCC3)cc2C1. The van der Waals surface area contributed by atoms with E-state index in [2.05, 4.69) is 36.2 Å². The zero-order valence-corrected chi connectivity index (χ0v) is 9.66. The molecule has 16 heavy (non-hydrogen) atoms. The van der Waals surface area contributed by atoms with Gasteiger partial charge in [-0.2, -0.15) is 5.26 Å². The summed E-state index contributed by atoms with van der Waals surface area (Å²) in [7, 11) is 2.14. The summed E-state index contributed by atoms with van der Waals surface area (Å²) < 4.78 is 0. The maximum Gasteiger partial charge on any atom is 0.0822 e. The van der Waals surface area contributed by atoms with Gasteiger partial charge in [-0.1, -0.05) is 18.2 Å². The first kappa shape index (κ1) is 9.86. The molecular weight excluding hydrogens is 196 g/mol. The third kappa shape index (κ3) is 1.28. The molecule has 2 nitrogen and oxygen atoms in total. The van der Waals surface area contributed by atoms with E-state index in [4.69, 9.17) is 0 Å². The minimum absolute atomic E-state index is 0.157. The van der Waals surface area contributed by atoms with E-state index in [0.717, 1.165) is 25.9 Å². The van der Waals surface area contributed by atoms with Gasteiger partial charge in [-0.25, -0.2) is 0 Å². The smallest absolute Gasteiger partial charge is 0.0822 e. The van der Waals surface area contributed by atoms with Crippen LogP contribution in [0.1, 0.15) is 36.0 Å². The number of nitriles is 1. The molecule has 0 aromatic heterocycles. The molecule has 1 aromatic rings. The summed E-state index contributed by atoms with van der Waals surface area (Å²) in [5.41, 5.74) is 3.94. The summed E-state index contributed by atoms with van der Waals surface area (Å²) in [6.45, 7) is 2.08. The van der Waals surface area contributed by atoms with Crippen molar-refractivity contribution in [2.24, 2.45) is 0 Å². The minimum atomic E-state index is -0.157. The summed E-state index contributed by atoms with van der Waals surface area (Å²) in [5, 5.41) is 9.33. The lowest BCUT2D eigenvalue weighted by molar-refractivity contribution is 0.323. The highest BCUT2D eigenvalue weighted by Gasteiger charge is 2.39. The highest BCUT2D eigenvalue weighted by Crippen LogP contribution is 2.44. The fourth-order valence-corrected chi connectivity index (χ4v) is 2.86. The predicted molar refractivity (Wildman–Crippen MR) is 62.8 cm³/mol. The van der Waals surface area contributed by atoms with Crippen molar-refractivity contribution in [1.82, 2.24) is 4.90 Å². The average molecular weight is 212 g/mol. The second-order valence-electron chi connectivity index (χ2n) is 5.20. The van der Waals surface area contributed by atoms with Crippen LogP contribution in [-0.2, 0) is 18.5 Å². The Kier molecular flexibility index (Phi) is 2.05. The molecule has 0 unspecified atom stereocenters. The number of fused-ring (bicyclic) bond motifs is 1. The van der Waals surface area contributed by atoms with Gasteiger partial charge in [0.1, 0.15) is 0 Å². The minimum Gasteiger partial charge on any atom is -0.298 e. The standard InChI is InChI=1S/C14H16N2/c1-16-8-11-3-4-13(7-12(11)9-16)14(10-15)5-2-6-14/h3-4,7H,2,5-6,8-9H2,1H3. The van der Waals surface area contributed by atoms with Crippen molar-refractivity contribution in [3.63, 3.8) is 0 Å². The van der Waals surface area contributed by atoms with Crippen molar-refractivity contribution in [2.45, 2.75) is 37.8 Å². The highest BCUT2D eigenvalue weighted by molar-refractivity contribution is 5.42. The molecule has 0 atom stereocenters. The van der Waals surface area contributed by atoms with Crippen LogP contribution in [-0.4, -0.2) is 11.9 Å². The molecule has 1 aliphatic carbocycles. The summed E-state index contributed by atoms with van der Waals surface area (Å²) in [4.78, 5) is 2.31. The number of nitrogens with zero attached hydrogens (tertiary/aromatic N) is 2. The Bertz CT molecular complexity index is 466. The Labute approximate surface area is 96.5 Å². The van der Waals surface area contributed by atoms with Crippen LogP contribution in [0.25, 0.3) is 0 Å². The van der Waals surface area contributed by atoms with Gasteiger partial charge in [0.15, 0.2) is 0 Å². The Morgan fingerprint density at radius 3 is 2.62 bits per heavy atom. The van der Waals surface area contributed by atoms with Crippen molar-refractivity contribution in [3.05, 3.63) is 34.9 Å². The van der Waals surface area contributed by atoms with Crippen molar-refractivity contribution < 1.29 is 0 Å². The van der Waals surface area contributed by atoms with E-state index in [1.807, 2.05) is 0 Å². The molecule has 0 radical (unpaired) electrons. The third-order valence-electron chi connectivity index (χ3n) is 4.06. The van der Waals surface area contributed by atoms with Gasteiger partial charge < -0.3 is 0 Å². The van der Waals surface area contributed by atoms with Crippen LogP contribution < -0.4 is 0 Å².